The van der Waals surface area contributed by atoms with E-state index < -0.39 is 78.5 Å². The minimum absolute atomic E-state index is 0.0172. The minimum atomic E-state index is -1.94. The van der Waals surface area contributed by atoms with Crippen molar-refractivity contribution in [3.63, 3.8) is 0 Å². The molecule has 358 valence electrons. The third kappa shape index (κ3) is 8.47. The van der Waals surface area contributed by atoms with Gasteiger partial charge in [-0.3, -0.25) is 4.79 Å². The molecule has 0 saturated carbocycles. The fraction of sp³-hybridized carbons (Fsp3) is 0.224. The summed E-state index contributed by atoms with van der Waals surface area (Å²) in [5.41, 5.74) is 0.171. The molecule has 1 saturated heterocycles. The summed E-state index contributed by atoms with van der Waals surface area (Å²) in [5.74, 6) is -4.37. The highest BCUT2D eigenvalue weighted by atomic mass is 16.7. The second-order valence-electron chi connectivity index (χ2n) is 16.1. The van der Waals surface area contributed by atoms with Crippen LogP contribution in [0.2, 0.25) is 0 Å². The summed E-state index contributed by atoms with van der Waals surface area (Å²) in [4.78, 5) is 24.4. The molecule has 7 aromatic rings. The zero-order chi connectivity index (χ0) is 49.0. The fourth-order valence-electron chi connectivity index (χ4n) is 8.34. The number of benzene rings is 5. The van der Waals surface area contributed by atoms with Crippen LogP contribution in [0.15, 0.2) is 93.8 Å². The summed E-state index contributed by atoms with van der Waals surface area (Å²) >= 11 is 0. The third-order valence-corrected chi connectivity index (χ3v) is 11.8. The molecular weight excluding hydrogens is 909 g/mol. The van der Waals surface area contributed by atoms with Gasteiger partial charge >= 0.3 is 11.4 Å². The smallest absolute Gasteiger partial charge is 0.347 e. The van der Waals surface area contributed by atoms with Crippen molar-refractivity contribution in [3.8, 4) is 80.1 Å². The maximum Gasteiger partial charge on any atom is 0.347 e. The highest BCUT2D eigenvalue weighted by molar-refractivity contribution is 6.10. The number of rotatable bonds is 11. The fourth-order valence-corrected chi connectivity index (χ4v) is 8.34. The average molecular weight is 952 g/mol. The maximum atomic E-state index is 13.4. The van der Waals surface area contributed by atoms with Crippen LogP contribution in [0.25, 0.3) is 50.7 Å². The number of hydrogen-bond donors (Lipinski definition) is 10. The predicted octanol–water partition coefficient (Wildman–Crippen LogP) is 4.25. The monoisotopic (exact) mass is 951 g/mol. The lowest BCUT2D eigenvalue weighted by Crippen LogP contribution is -2.60. The number of phenols is 6. The second kappa shape index (κ2) is 18.2. The van der Waals surface area contributed by atoms with Gasteiger partial charge in [-0.1, -0.05) is 18.2 Å². The highest BCUT2D eigenvalue weighted by Gasteiger charge is 2.46. The normalized spacial score (nSPS) is 21.2. The first-order chi connectivity index (χ1) is 33.1. The first kappa shape index (κ1) is 46.0. The molecular formula is C49H43O20+. The average Bonchev–Trinajstić information content (AvgIpc) is 3.32. The molecule has 0 amide bonds. The molecule has 5 aromatic carbocycles. The van der Waals surface area contributed by atoms with Gasteiger partial charge in [-0.15, -0.1) is 0 Å². The van der Waals surface area contributed by atoms with Crippen LogP contribution >= 0.6 is 0 Å². The van der Waals surface area contributed by atoms with Gasteiger partial charge in [0, 0.05) is 40.6 Å². The first-order valence-corrected chi connectivity index (χ1v) is 21.0. The van der Waals surface area contributed by atoms with Crippen LogP contribution in [0.1, 0.15) is 22.8 Å². The number of carbonyl (C=O) groups is 1. The van der Waals surface area contributed by atoms with E-state index in [4.69, 9.17) is 37.3 Å². The Morgan fingerprint density at radius 3 is 2.14 bits per heavy atom. The van der Waals surface area contributed by atoms with Crippen LogP contribution in [-0.4, -0.2) is 119 Å². The van der Waals surface area contributed by atoms with Crippen LogP contribution in [0.4, 0.5) is 0 Å². The number of hydrogen-bond acceptors (Lipinski definition) is 19. The zero-order valence-electron chi connectivity index (χ0n) is 36.2. The SMILES string of the molecule is COc1cc(-c2oc3cc(=[OH+])cc4oc(-c5c(O)cc(O)c6c5O[C@H](c5ccc(O)c(O)c5)[C@@H](OC(=O)C=Cc5ccc(O)cc5)C6)cc(c2O[C@@H]2O[C@H](CO)[C@@H](O)[C@H](O)[C@H]2O)c43)cc(OC)c1O. The lowest BCUT2D eigenvalue weighted by Gasteiger charge is -2.39. The summed E-state index contributed by atoms with van der Waals surface area (Å²) in [6, 6.07) is 17.3. The molecule has 4 heterocycles. The molecule has 7 atom stereocenters. The van der Waals surface area contributed by atoms with Crippen molar-refractivity contribution in [3.05, 3.63) is 107 Å². The lowest BCUT2D eigenvalue weighted by atomic mass is 9.91. The number of aromatic hydroxyl groups is 6. The predicted molar refractivity (Wildman–Crippen MR) is 238 cm³/mol. The summed E-state index contributed by atoms with van der Waals surface area (Å²) in [7, 11) is 2.57. The number of aliphatic hydroxyl groups excluding tert-OH is 4. The largest absolute Gasteiger partial charge is 0.508 e. The van der Waals surface area contributed by atoms with E-state index >= 15 is 0 Å². The quantitative estimate of drug-likeness (QED) is 0.0375. The Kier molecular flexibility index (Phi) is 12.1. The van der Waals surface area contributed by atoms with E-state index in [-0.39, 0.29) is 102 Å². The van der Waals surface area contributed by atoms with Crippen molar-refractivity contribution < 1.29 is 97.9 Å². The number of esters is 1. The molecule has 2 aliphatic heterocycles. The van der Waals surface area contributed by atoms with E-state index in [9.17, 15) is 60.7 Å². The van der Waals surface area contributed by atoms with Crippen molar-refractivity contribution in [2.45, 2.75) is 49.3 Å². The molecule has 20 heteroatoms. The number of methoxy groups -OCH3 is 2. The molecule has 11 N–H and O–H groups in total. The van der Waals surface area contributed by atoms with Gasteiger partial charge in [0.1, 0.15) is 76.0 Å². The van der Waals surface area contributed by atoms with Crippen LogP contribution < -0.4 is 24.4 Å². The van der Waals surface area contributed by atoms with Gasteiger partial charge in [0.2, 0.25) is 12.0 Å². The Bertz CT molecular complexity index is 3180. The van der Waals surface area contributed by atoms with Gasteiger partial charge in [0.25, 0.3) is 0 Å². The van der Waals surface area contributed by atoms with Crippen molar-refractivity contribution in [1.82, 2.24) is 0 Å². The lowest BCUT2D eigenvalue weighted by molar-refractivity contribution is -0.277. The Hall–Kier alpha value is -8.14. The molecule has 9 rings (SSSR count). The van der Waals surface area contributed by atoms with Gasteiger partial charge in [-0.05, 0) is 54.1 Å². The zero-order valence-corrected chi connectivity index (χ0v) is 36.2. The van der Waals surface area contributed by atoms with Gasteiger partial charge in [-0.25, -0.2) is 4.79 Å². The van der Waals surface area contributed by atoms with Gasteiger partial charge in [-0.2, -0.15) is 0 Å². The molecule has 0 aliphatic carbocycles. The van der Waals surface area contributed by atoms with Gasteiger partial charge in [0.15, 0.2) is 40.6 Å². The van der Waals surface area contributed by atoms with E-state index in [1.54, 1.807) is 12.1 Å². The second-order valence-corrected chi connectivity index (χ2v) is 16.1. The Morgan fingerprint density at radius 2 is 1.48 bits per heavy atom. The molecule has 69 heavy (non-hydrogen) atoms. The number of phenolic OH excluding ortho intramolecular Hbond substituents is 6. The van der Waals surface area contributed by atoms with Crippen LogP contribution in [0, 0.1) is 0 Å². The summed E-state index contributed by atoms with van der Waals surface area (Å²) in [5, 5.41) is 107. The minimum Gasteiger partial charge on any atom is -0.508 e. The Morgan fingerprint density at radius 1 is 0.783 bits per heavy atom. The van der Waals surface area contributed by atoms with E-state index in [1.807, 2.05) is 0 Å². The summed E-state index contributed by atoms with van der Waals surface area (Å²) in [6.07, 6.45) is -9.02. The van der Waals surface area contributed by atoms with Gasteiger partial charge < -0.3 is 88.3 Å². The van der Waals surface area contributed by atoms with Crippen molar-refractivity contribution in [2.75, 3.05) is 20.8 Å². The topological polar surface area (TPSA) is 322 Å². The molecule has 20 nitrogen and oxygen atoms in total. The van der Waals surface area contributed by atoms with E-state index in [0.29, 0.717) is 5.56 Å². The maximum absolute atomic E-state index is 13.4. The molecule has 2 aromatic heterocycles. The van der Waals surface area contributed by atoms with Crippen molar-refractivity contribution in [1.29, 1.82) is 0 Å². The third-order valence-electron chi connectivity index (χ3n) is 11.8. The molecule has 1 fully saturated rings. The van der Waals surface area contributed by atoms with E-state index in [2.05, 4.69) is 0 Å². The molecule has 0 bridgehead atoms. The number of aliphatic hydroxyl groups is 4. The van der Waals surface area contributed by atoms with Crippen LogP contribution in [-0.2, 0) is 20.7 Å². The summed E-state index contributed by atoms with van der Waals surface area (Å²) < 4.78 is 48.2. The molecule has 0 radical (unpaired) electrons. The van der Waals surface area contributed by atoms with E-state index in [1.165, 1.54) is 81.0 Å². The number of fused-ring (bicyclic) bond motifs is 1. The Balaban J connectivity index is 1.25. The highest BCUT2D eigenvalue weighted by Crippen LogP contribution is 2.53. The van der Waals surface area contributed by atoms with Crippen LogP contribution in [0.5, 0.6) is 57.5 Å². The molecule has 0 unspecified atom stereocenters. The van der Waals surface area contributed by atoms with Gasteiger partial charge in [0.05, 0.1) is 38.3 Å². The van der Waals surface area contributed by atoms with E-state index in [0.717, 1.165) is 12.1 Å². The number of ether oxygens (including phenoxy) is 6. The van der Waals surface area contributed by atoms with Crippen molar-refractivity contribution >= 4 is 34.0 Å². The standard InChI is InChI=1S/C49H42O20/c1-62-34-12-22(13-35(63-2)41(34)58)46-48(69-49-44(61)43(60)42(59)37(19-50)67-49)26-17-33(64-31-14-24(52)15-32(66-46)39(26)31)40-30(56)18-28(54)25-16-36(65-38(57)10-5-20-3-7-23(51)8-4-20)45(68-47(25)40)21-6-9-27(53)29(55)11-21/h3-15,17-18,36-37,42-45,49-51,53-56,58-61H,16,19H2,1-2H3/p+1/t36-,37+,42+,43-,44+,45+,49-/m0/s1. The van der Waals surface area contributed by atoms with Crippen LogP contribution in [0.3, 0.4) is 0 Å². The Labute approximate surface area is 388 Å². The summed E-state index contributed by atoms with van der Waals surface area (Å²) in [6.45, 7) is -0.799. The first-order valence-electron chi connectivity index (χ1n) is 21.0. The number of carbonyl (C=O) groups excluding carboxylic acids is 1. The molecule has 0 spiro atoms. The molecule has 2 aliphatic rings. The van der Waals surface area contributed by atoms with Crippen molar-refractivity contribution in [2.24, 2.45) is 0 Å².